The van der Waals surface area contributed by atoms with E-state index in [1.54, 1.807) is 7.11 Å². The minimum atomic E-state index is 0. The predicted molar refractivity (Wildman–Crippen MR) is 100 cm³/mol. The van der Waals surface area contributed by atoms with Gasteiger partial charge in [-0.05, 0) is 26.7 Å². The summed E-state index contributed by atoms with van der Waals surface area (Å²) in [5.74, 6) is 0.989. The molecule has 132 valence electrons. The molecule has 0 amide bonds. The molecule has 1 aliphatic heterocycles. The third-order valence-corrected chi connectivity index (χ3v) is 3.41. The Morgan fingerprint density at radius 1 is 1.18 bits per heavy atom. The van der Waals surface area contributed by atoms with Crippen molar-refractivity contribution in [2.45, 2.75) is 32.8 Å². The minimum absolute atomic E-state index is 0. The molecule has 0 atom stereocenters. The molecule has 1 N–H and O–H groups in total. The Bertz CT molecular complexity index is 285. The first-order chi connectivity index (χ1) is 10.3. The molecule has 0 saturated carbocycles. The van der Waals surface area contributed by atoms with Crippen molar-refractivity contribution in [1.29, 1.82) is 0 Å². The monoisotopic (exact) mass is 429 g/mol. The molecule has 1 rings (SSSR count). The lowest BCUT2D eigenvalue weighted by Gasteiger charge is -2.34. The highest BCUT2D eigenvalue weighted by molar-refractivity contribution is 14.0. The molecule has 1 heterocycles. The highest BCUT2D eigenvalue weighted by Crippen LogP contribution is 2.13. The Morgan fingerprint density at radius 3 is 2.50 bits per heavy atom. The lowest BCUT2D eigenvalue weighted by molar-refractivity contribution is 0.0263. The van der Waals surface area contributed by atoms with Gasteiger partial charge in [0.25, 0.3) is 0 Å². The molecule has 1 saturated heterocycles. The smallest absolute Gasteiger partial charge is 0.193 e. The summed E-state index contributed by atoms with van der Waals surface area (Å²) in [6, 6.07) is 0. The number of hydrogen-bond donors (Lipinski definition) is 1. The number of nitrogens with one attached hydrogen (secondary N) is 1. The average Bonchev–Trinajstić information content (AvgIpc) is 2.51. The van der Waals surface area contributed by atoms with E-state index in [4.69, 9.17) is 14.2 Å². The molecule has 6 nitrogen and oxygen atoms in total. The van der Waals surface area contributed by atoms with Gasteiger partial charge in [0.1, 0.15) is 0 Å². The number of halogens is 1. The van der Waals surface area contributed by atoms with Crippen molar-refractivity contribution in [3.05, 3.63) is 0 Å². The number of guanidine groups is 1. The van der Waals surface area contributed by atoms with Crippen molar-refractivity contribution in [2.75, 3.05) is 59.7 Å². The Kier molecular flexibility index (Phi) is 14.4. The summed E-state index contributed by atoms with van der Waals surface area (Å²) >= 11 is 0. The second-order valence-electron chi connectivity index (χ2n) is 4.98. The number of ether oxygens (including phenoxy) is 3. The van der Waals surface area contributed by atoms with Crippen molar-refractivity contribution in [1.82, 2.24) is 10.2 Å². The molecule has 0 radical (unpaired) electrons. The predicted octanol–water partition coefficient (Wildman–Crippen LogP) is 1.73. The van der Waals surface area contributed by atoms with E-state index in [1.165, 1.54) is 0 Å². The molecule has 0 aromatic carbocycles. The third kappa shape index (κ3) is 9.12. The molecule has 0 aromatic heterocycles. The molecule has 0 aliphatic carbocycles. The van der Waals surface area contributed by atoms with Crippen molar-refractivity contribution >= 4 is 29.9 Å². The fraction of sp³-hybridized carbons (Fsp3) is 0.933. The minimum Gasteiger partial charge on any atom is -0.382 e. The van der Waals surface area contributed by atoms with Gasteiger partial charge in [0.05, 0.1) is 32.5 Å². The second-order valence-corrected chi connectivity index (χ2v) is 4.98. The molecule has 22 heavy (non-hydrogen) atoms. The number of likely N-dealkylation sites (tertiary alicyclic amines) is 1. The molecule has 7 heteroatoms. The SMILES string of the molecule is CCNC(=NCCOCCOC)N1CCC(OCC)CC1.I. The van der Waals surface area contributed by atoms with E-state index in [-0.39, 0.29) is 24.0 Å². The molecule has 0 unspecified atom stereocenters. The zero-order valence-electron chi connectivity index (χ0n) is 14.2. The zero-order chi connectivity index (χ0) is 15.3. The summed E-state index contributed by atoms with van der Waals surface area (Å²) in [6.45, 7) is 10.4. The van der Waals surface area contributed by atoms with Crippen LogP contribution < -0.4 is 5.32 Å². The van der Waals surface area contributed by atoms with Gasteiger partial charge in [-0.25, -0.2) is 0 Å². The van der Waals surface area contributed by atoms with Crippen LogP contribution in [0.5, 0.6) is 0 Å². The highest BCUT2D eigenvalue weighted by Gasteiger charge is 2.21. The van der Waals surface area contributed by atoms with Gasteiger partial charge in [-0.15, -0.1) is 24.0 Å². The van der Waals surface area contributed by atoms with Gasteiger partial charge in [-0.2, -0.15) is 0 Å². The van der Waals surface area contributed by atoms with Crippen LogP contribution >= 0.6 is 24.0 Å². The van der Waals surface area contributed by atoms with Crippen LogP contribution in [0, 0.1) is 0 Å². The first kappa shape index (κ1) is 21.9. The molecule has 0 spiro atoms. The van der Waals surface area contributed by atoms with Gasteiger partial charge in [-0.1, -0.05) is 0 Å². The van der Waals surface area contributed by atoms with Crippen LogP contribution in [0.25, 0.3) is 0 Å². The number of methoxy groups -OCH3 is 1. The summed E-state index contributed by atoms with van der Waals surface area (Å²) in [6.07, 6.45) is 2.55. The normalized spacial score (nSPS) is 16.5. The average molecular weight is 429 g/mol. The van der Waals surface area contributed by atoms with E-state index >= 15 is 0 Å². The number of nitrogens with zero attached hydrogens (tertiary/aromatic N) is 2. The van der Waals surface area contributed by atoms with Crippen molar-refractivity contribution < 1.29 is 14.2 Å². The number of rotatable bonds is 9. The second kappa shape index (κ2) is 14.5. The largest absolute Gasteiger partial charge is 0.382 e. The summed E-state index contributed by atoms with van der Waals surface area (Å²) < 4.78 is 16.1. The first-order valence-electron chi connectivity index (χ1n) is 8.03. The van der Waals surface area contributed by atoms with Gasteiger partial charge in [0.2, 0.25) is 0 Å². The lowest BCUT2D eigenvalue weighted by atomic mass is 10.1. The van der Waals surface area contributed by atoms with Crippen molar-refractivity contribution in [3.8, 4) is 0 Å². The third-order valence-electron chi connectivity index (χ3n) is 3.41. The van der Waals surface area contributed by atoms with Crippen LogP contribution in [-0.4, -0.2) is 76.7 Å². The quantitative estimate of drug-likeness (QED) is 0.262. The highest BCUT2D eigenvalue weighted by atomic mass is 127. The number of piperidine rings is 1. The number of aliphatic imine (C=N–C) groups is 1. The summed E-state index contributed by atoms with van der Waals surface area (Å²) in [4.78, 5) is 6.94. The van der Waals surface area contributed by atoms with Crippen molar-refractivity contribution in [2.24, 2.45) is 4.99 Å². The summed E-state index contributed by atoms with van der Waals surface area (Å²) in [7, 11) is 1.68. The zero-order valence-corrected chi connectivity index (χ0v) is 16.5. The van der Waals surface area contributed by atoms with Crippen LogP contribution in [0.15, 0.2) is 4.99 Å². The van der Waals surface area contributed by atoms with Gasteiger partial charge < -0.3 is 24.4 Å². The fourth-order valence-corrected chi connectivity index (χ4v) is 2.36. The topological polar surface area (TPSA) is 55.3 Å². The lowest BCUT2D eigenvalue weighted by Crippen LogP contribution is -2.47. The van der Waals surface area contributed by atoms with E-state index in [0.717, 1.165) is 45.0 Å². The summed E-state index contributed by atoms with van der Waals surface area (Å²) in [5.41, 5.74) is 0. The van der Waals surface area contributed by atoms with Crippen LogP contribution in [0.1, 0.15) is 26.7 Å². The maximum absolute atomic E-state index is 5.69. The van der Waals surface area contributed by atoms with Crippen LogP contribution in [0.3, 0.4) is 0 Å². The van der Waals surface area contributed by atoms with E-state index < -0.39 is 0 Å². The van der Waals surface area contributed by atoms with Gasteiger partial charge in [0, 0.05) is 33.4 Å². The Morgan fingerprint density at radius 2 is 1.91 bits per heavy atom. The van der Waals surface area contributed by atoms with Gasteiger partial charge in [-0.3, -0.25) is 4.99 Å². The Labute approximate surface area is 152 Å². The van der Waals surface area contributed by atoms with Crippen molar-refractivity contribution in [3.63, 3.8) is 0 Å². The van der Waals surface area contributed by atoms with E-state index in [9.17, 15) is 0 Å². The standard InChI is InChI=1S/C15H31N3O3.HI/c1-4-16-15(17-8-11-20-13-12-19-3)18-9-6-14(7-10-18)21-5-2;/h14H,4-13H2,1-3H3,(H,16,17);1H. The molecule has 1 aliphatic rings. The van der Waals surface area contributed by atoms with E-state index in [0.29, 0.717) is 32.5 Å². The van der Waals surface area contributed by atoms with Gasteiger partial charge >= 0.3 is 0 Å². The fourth-order valence-electron chi connectivity index (χ4n) is 2.36. The maximum atomic E-state index is 5.69. The van der Waals surface area contributed by atoms with E-state index in [2.05, 4.69) is 29.1 Å². The molecule has 0 bridgehead atoms. The van der Waals surface area contributed by atoms with Crippen LogP contribution in [-0.2, 0) is 14.2 Å². The number of hydrogen-bond acceptors (Lipinski definition) is 4. The molecular weight excluding hydrogens is 397 g/mol. The first-order valence-corrected chi connectivity index (χ1v) is 8.03. The van der Waals surface area contributed by atoms with Crippen LogP contribution in [0.4, 0.5) is 0 Å². The molecule has 1 fully saturated rings. The summed E-state index contributed by atoms with van der Waals surface area (Å²) in [5, 5.41) is 3.36. The Balaban J connectivity index is 0.00000441. The van der Waals surface area contributed by atoms with E-state index in [1.807, 2.05) is 0 Å². The maximum Gasteiger partial charge on any atom is 0.193 e. The van der Waals surface area contributed by atoms with Crippen LogP contribution in [0.2, 0.25) is 0 Å². The molecule has 0 aromatic rings. The Hall–Kier alpha value is -0.120. The molecular formula is C15H32IN3O3. The van der Waals surface area contributed by atoms with Gasteiger partial charge in [0.15, 0.2) is 5.96 Å².